The smallest absolute Gasteiger partial charge is 0.324 e. The van der Waals surface area contributed by atoms with E-state index in [1.54, 1.807) is 0 Å². The van der Waals surface area contributed by atoms with Gasteiger partial charge in [0.25, 0.3) is 0 Å². The second-order valence-electron chi connectivity index (χ2n) is 5.47. The standard InChI is InChI=1S/C10H13NO4/c1-8-2-4-3-9(8,6(12)13)5(8)10(4,11)7(14)15/h4-5H,2-3,11H2,1H3,(H,12,13)(H,14,15)/t4-,5+,8-,9+,10-/m0/s1. The van der Waals surface area contributed by atoms with E-state index in [1.807, 2.05) is 6.92 Å². The van der Waals surface area contributed by atoms with Crippen LogP contribution in [0.15, 0.2) is 0 Å². The van der Waals surface area contributed by atoms with Crippen LogP contribution < -0.4 is 5.73 Å². The molecule has 0 unspecified atom stereocenters. The van der Waals surface area contributed by atoms with Gasteiger partial charge in [0.05, 0.1) is 5.41 Å². The lowest BCUT2D eigenvalue weighted by Gasteiger charge is -2.22. The van der Waals surface area contributed by atoms with Gasteiger partial charge >= 0.3 is 11.9 Å². The number of rotatable bonds is 2. The van der Waals surface area contributed by atoms with E-state index in [1.165, 1.54) is 0 Å². The van der Waals surface area contributed by atoms with Gasteiger partial charge in [0, 0.05) is 5.92 Å². The number of nitrogens with two attached hydrogens (primary N) is 1. The molecule has 4 fully saturated rings. The molecule has 4 saturated carbocycles. The molecule has 0 saturated heterocycles. The van der Waals surface area contributed by atoms with Crippen LogP contribution in [0.1, 0.15) is 19.8 Å². The maximum atomic E-state index is 11.3. The highest BCUT2D eigenvalue weighted by Gasteiger charge is 2.94. The molecule has 5 atom stereocenters. The quantitative estimate of drug-likeness (QED) is 0.592. The van der Waals surface area contributed by atoms with Crippen LogP contribution in [-0.4, -0.2) is 27.7 Å². The molecule has 5 nitrogen and oxygen atoms in total. The zero-order chi connectivity index (χ0) is 11.2. The Kier molecular flexibility index (Phi) is 1.17. The molecule has 4 aliphatic carbocycles. The Morgan fingerprint density at radius 3 is 2.13 bits per heavy atom. The van der Waals surface area contributed by atoms with Gasteiger partial charge < -0.3 is 15.9 Å². The fraction of sp³-hybridized carbons (Fsp3) is 0.800. The summed E-state index contributed by atoms with van der Waals surface area (Å²) in [5.41, 5.74) is 3.40. The maximum Gasteiger partial charge on any atom is 0.324 e. The fourth-order valence-corrected chi connectivity index (χ4v) is 4.64. The van der Waals surface area contributed by atoms with E-state index in [2.05, 4.69) is 0 Å². The summed E-state index contributed by atoms with van der Waals surface area (Å²) in [4.78, 5) is 22.5. The van der Waals surface area contributed by atoms with Crippen LogP contribution in [0, 0.1) is 22.7 Å². The summed E-state index contributed by atoms with van der Waals surface area (Å²) in [6.45, 7) is 1.86. The minimum Gasteiger partial charge on any atom is -0.481 e. The maximum absolute atomic E-state index is 11.3. The molecule has 15 heavy (non-hydrogen) atoms. The number of hydrogen-bond donors (Lipinski definition) is 3. The molecular weight excluding hydrogens is 198 g/mol. The summed E-state index contributed by atoms with van der Waals surface area (Å²) in [5.74, 6) is -2.45. The van der Waals surface area contributed by atoms with Gasteiger partial charge in [-0.3, -0.25) is 9.59 Å². The molecule has 0 spiro atoms. The van der Waals surface area contributed by atoms with E-state index in [-0.39, 0.29) is 17.3 Å². The van der Waals surface area contributed by atoms with E-state index < -0.39 is 22.9 Å². The molecule has 4 N–H and O–H groups in total. The van der Waals surface area contributed by atoms with Crippen LogP contribution in [0.3, 0.4) is 0 Å². The zero-order valence-corrected chi connectivity index (χ0v) is 8.36. The minimum atomic E-state index is -1.30. The van der Waals surface area contributed by atoms with Crippen LogP contribution in [0.5, 0.6) is 0 Å². The molecule has 4 aliphatic rings. The molecule has 0 aromatic carbocycles. The number of carboxylic acids is 2. The molecular formula is C10H13NO4. The van der Waals surface area contributed by atoms with Gasteiger partial charge in [-0.25, -0.2) is 0 Å². The third-order valence-electron chi connectivity index (χ3n) is 5.21. The Labute approximate surface area is 86.3 Å². The van der Waals surface area contributed by atoms with Crippen LogP contribution >= 0.6 is 0 Å². The van der Waals surface area contributed by atoms with Crippen molar-refractivity contribution in [3.63, 3.8) is 0 Å². The van der Waals surface area contributed by atoms with Crippen molar-refractivity contribution in [3.05, 3.63) is 0 Å². The monoisotopic (exact) mass is 211 g/mol. The summed E-state index contributed by atoms with van der Waals surface area (Å²) < 4.78 is 0. The van der Waals surface area contributed by atoms with Crippen molar-refractivity contribution in [3.8, 4) is 0 Å². The first-order valence-corrected chi connectivity index (χ1v) is 5.07. The highest BCUT2D eigenvalue weighted by Crippen LogP contribution is 2.89. The first-order chi connectivity index (χ1) is 6.82. The summed E-state index contributed by atoms with van der Waals surface area (Å²) >= 11 is 0. The Morgan fingerprint density at radius 1 is 1.27 bits per heavy atom. The van der Waals surface area contributed by atoms with Crippen molar-refractivity contribution in [1.82, 2.24) is 0 Å². The lowest BCUT2D eigenvalue weighted by molar-refractivity contribution is -0.145. The highest BCUT2D eigenvalue weighted by atomic mass is 16.4. The molecule has 5 heteroatoms. The Balaban J connectivity index is 2.13. The van der Waals surface area contributed by atoms with Gasteiger partial charge in [-0.2, -0.15) is 0 Å². The van der Waals surface area contributed by atoms with Crippen LogP contribution in [0.25, 0.3) is 0 Å². The Bertz CT molecular complexity index is 392. The molecule has 4 rings (SSSR count). The number of carbonyl (C=O) groups is 2. The van der Waals surface area contributed by atoms with Gasteiger partial charge in [0.2, 0.25) is 0 Å². The summed E-state index contributed by atoms with van der Waals surface area (Å²) in [7, 11) is 0. The zero-order valence-electron chi connectivity index (χ0n) is 8.36. The third-order valence-corrected chi connectivity index (χ3v) is 5.21. The second-order valence-corrected chi connectivity index (χ2v) is 5.47. The highest BCUT2D eigenvalue weighted by molar-refractivity contribution is 5.92. The van der Waals surface area contributed by atoms with E-state index in [4.69, 9.17) is 10.8 Å². The van der Waals surface area contributed by atoms with Crippen LogP contribution in [0.4, 0.5) is 0 Å². The fourth-order valence-electron chi connectivity index (χ4n) is 4.64. The van der Waals surface area contributed by atoms with Crippen molar-refractivity contribution < 1.29 is 19.8 Å². The number of carboxylic acid groups (broad SMARTS) is 2. The van der Waals surface area contributed by atoms with Gasteiger partial charge in [0.1, 0.15) is 5.54 Å². The normalized spacial score (nSPS) is 59.3. The summed E-state index contributed by atoms with van der Waals surface area (Å²) in [6, 6.07) is 0. The lowest BCUT2D eigenvalue weighted by Crippen LogP contribution is -2.51. The van der Waals surface area contributed by atoms with E-state index >= 15 is 0 Å². The summed E-state index contributed by atoms with van der Waals surface area (Å²) in [5, 5.41) is 18.4. The Morgan fingerprint density at radius 2 is 1.87 bits per heavy atom. The molecule has 0 aromatic rings. The predicted molar refractivity (Wildman–Crippen MR) is 48.9 cm³/mol. The van der Waals surface area contributed by atoms with Crippen molar-refractivity contribution in [2.75, 3.05) is 0 Å². The van der Waals surface area contributed by atoms with Crippen molar-refractivity contribution in [1.29, 1.82) is 0 Å². The molecule has 0 aliphatic heterocycles. The van der Waals surface area contributed by atoms with Crippen LogP contribution in [0.2, 0.25) is 0 Å². The molecule has 0 heterocycles. The van der Waals surface area contributed by atoms with E-state index in [0.29, 0.717) is 12.8 Å². The molecule has 0 aromatic heterocycles. The van der Waals surface area contributed by atoms with Crippen LogP contribution in [-0.2, 0) is 9.59 Å². The second kappa shape index (κ2) is 1.91. The number of aliphatic carboxylic acids is 2. The predicted octanol–water partition coefficient (Wildman–Crippen LogP) is -0.101. The average Bonchev–Trinajstić information content (AvgIpc) is 2.43. The largest absolute Gasteiger partial charge is 0.481 e. The van der Waals surface area contributed by atoms with Gasteiger partial charge in [-0.15, -0.1) is 0 Å². The SMILES string of the molecule is C[C@@]12C[C@H]3C[C@]1(C(=O)O)[C@@H]2[C@]3(N)C(=O)O. The van der Waals surface area contributed by atoms with E-state index in [0.717, 1.165) is 0 Å². The van der Waals surface area contributed by atoms with Gasteiger partial charge in [0.15, 0.2) is 0 Å². The van der Waals surface area contributed by atoms with Gasteiger partial charge in [-0.1, -0.05) is 6.92 Å². The first-order valence-electron chi connectivity index (χ1n) is 5.07. The Hall–Kier alpha value is -1.10. The lowest BCUT2D eigenvalue weighted by atomic mass is 9.90. The molecule has 4 bridgehead atoms. The molecule has 0 amide bonds. The van der Waals surface area contributed by atoms with Crippen molar-refractivity contribution in [2.24, 2.45) is 28.4 Å². The van der Waals surface area contributed by atoms with Crippen molar-refractivity contribution >= 4 is 11.9 Å². The summed E-state index contributed by atoms with van der Waals surface area (Å²) in [6.07, 6.45) is 1.08. The first kappa shape index (κ1) is 9.15. The average molecular weight is 211 g/mol. The van der Waals surface area contributed by atoms with Crippen molar-refractivity contribution in [2.45, 2.75) is 25.3 Å². The molecule has 0 radical (unpaired) electrons. The third kappa shape index (κ3) is 0.569. The topological polar surface area (TPSA) is 101 Å². The number of hydrogen-bond acceptors (Lipinski definition) is 3. The molecule has 82 valence electrons. The van der Waals surface area contributed by atoms with Gasteiger partial charge in [-0.05, 0) is 24.2 Å². The van der Waals surface area contributed by atoms with E-state index in [9.17, 15) is 14.7 Å². The minimum absolute atomic E-state index is 0.166.